The Labute approximate surface area is 236 Å². The molecule has 0 unspecified atom stereocenters. The number of benzene rings is 2. The molecule has 1 saturated heterocycles. The van der Waals surface area contributed by atoms with Crippen LogP contribution in [0.1, 0.15) is 69.8 Å². The van der Waals surface area contributed by atoms with Crippen LogP contribution in [0, 0.1) is 46.9 Å². The van der Waals surface area contributed by atoms with E-state index in [4.69, 9.17) is 14.2 Å². The number of halogens is 6. The maximum absolute atomic E-state index is 14.9. The van der Waals surface area contributed by atoms with Crippen molar-refractivity contribution in [3.63, 3.8) is 0 Å². The van der Waals surface area contributed by atoms with Gasteiger partial charge in [0, 0.05) is 24.0 Å². The minimum absolute atomic E-state index is 0.0515. The lowest BCUT2D eigenvalue weighted by atomic mass is 9.78. The molecule has 3 fully saturated rings. The Bertz CT molecular complexity index is 1150. The maximum atomic E-state index is 14.9. The predicted octanol–water partition coefficient (Wildman–Crippen LogP) is 8.38. The lowest BCUT2D eigenvalue weighted by Gasteiger charge is -2.37. The first kappa shape index (κ1) is 30.0. The van der Waals surface area contributed by atoms with Gasteiger partial charge in [-0.15, -0.1) is 0 Å². The molecule has 10 heteroatoms. The van der Waals surface area contributed by atoms with Gasteiger partial charge in [-0.3, -0.25) is 0 Å². The first-order chi connectivity index (χ1) is 19.6. The summed E-state index contributed by atoms with van der Waals surface area (Å²) in [5, 5.41) is 0. The minimum Gasteiger partial charge on any atom is -0.490 e. The minimum atomic E-state index is -3.68. The highest BCUT2D eigenvalue weighted by molar-refractivity contribution is 5.31. The maximum Gasteiger partial charge on any atom is 0.400 e. The van der Waals surface area contributed by atoms with Crippen molar-refractivity contribution in [3.05, 3.63) is 59.2 Å². The molecule has 2 aromatic rings. The van der Waals surface area contributed by atoms with Crippen molar-refractivity contribution in [2.75, 3.05) is 19.8 Å². The summed E-state index contributed by atoms with van der Waals surface area (Å²) in [6.45, 7) is 3.74. The van der Waals surface area contributed by atoms with Crippen molar-refractivity contribution in [1.82, 2.24) is 0 Å². The van der Waals surface area contributed by atoms with Gasteiger partial charge in [0.25, 0.3) is 0 Å². The molecule has 2 aromatic carbocycles. The van der Waals surface area contributed by atoms with Gasteiger partial charge in [-0.05, 0) is 80.9 Å². The lowest BCUT2D eigenvalue weighted by Crippen LogP contribution is -2.38. The van der Waals surface area contributed by atoms with Gasteiger partial charge in [0.1, 0.15) is 5.75 Å². The highest BCUT2D eigenvalue weighted by Crippen LogP contribution is 2.42. The summed E-state index contributed by atoms with van der Waals surface area (Å²) in [6.07, 6.45) is 0.953. The van der Waals surface area contributed by atoms with Crippen molar-refractivity contribution < 1.29 is 45.3 Å². The number of alkyl halides is 2. The molecule has 3 aliphatic rings. The predicted molar refractivity (Wildman–Crippen MR) is 139 cm³/mol. The van der Waals surface area contributed by atoms with Gasteiger partial charge in [-0.1, -0.05) is 13.0 Å². The third kappa shape index (κ3) is 7.31. The second kappa shape index (κ2) is 12.8. The van der Waals surface area contributed by atoms with Crippen molar-refractivity contribution in [3.8, 4) is 11.5 Å². The third-order valence-corrected chi connectivity index (χ3v) is 8.68. The molecule has 41 heavy (non-hydrogen) atoms. The SMILES string of the molecule is CC1COC(C2CCC(c3ccc(OCC4CCC(C(F)(F)Oc5cc(F)c(F)c(F)c5)CC4)c(F)c3)CC2)OC1. The first-order valence-corrected chi connectivity index (χ1v) is 14.5. The molecule has 0 radical (unpaired) electrons. The van der Waals surface area contributed by atoms with Crippen molar-refractivity contribution >= 4 is 0 Å². The number of ether oxygens (including phenoxy) is 4. The summed E-state index contributed by atoms with van der Waals surface area (Å²) >= 11 is 0. The van der Waals surface area contributed by atoms with Gasteiger partial charge in [-0.25, -0.2) is 17.6 Å². The van der Waals surface area contributed by atoms with Crippen molar-refractivity contribution in [2.45, 2.75) is 76.6 Å². The molecule has 0 amide bonds. The Morgan fingerprint density at radius 1 is 0.805 bits per heavy atom. The van der Waals surface area contributed by atoms with E-state index in [2.05, 4.69) is 11.7 Å². The van der Waals surface area contributed by atoms with Crippen LogP contribution in [0.4, 0.5) is 26.3 Å². The van der Waals surface area contributed by atoms with Crippen LogP contribution in [0.3, 0.4) is 0 Å². The zero-order valence-corrected chi connectivity index (χ0v) is 23.0. The van der Waals surface area contributed by atoms with Crippen LogP contribution < -0.4 is 9.47 Å². The molecule has 1 heterocycles. The second-order valence-electron chi connectivity index (χ2n) is 11.8. The standard InChI is InChI=1S/C31H36F6O4/c1-18-15-39-30(40-16-18)21-6-4-20(5-7-21)22-8-11-28(25(32)12-22)38-17-19-2-9-23(10-3-19)31(36,37)41-24-13-26(33)29(35)27(34)14-24/h8,11-14,18-21,23,30H,2-7,9-10,15-17H2,1H3. The number of hydrogen-bond donors (Lipinski definition) is 0. The molecular formula is C31H36F6O4. The summed E-state index contributed by atoms with van der Waals surface area (Å²) in [7, 11) is 0. The highest BCUT2D eigenvalue weighted by atomic mass is 19.3. The van der Waals surface area contributed by atoms with E-state index < -0.39 is 41.0 Å². The molecule has 0 aromatic heterocycles. The molecule has 0 spiro atoms. The van der Waals surface area contributed by atoms with Crippen LogP contribution in [-0.2, 0) is 9.47 Å². The monoisotopic (exact) mass is 586 g/mol. The zero-order chi connectivity index (χ0) is 29.1. The molecule has 0 bridgehead atoms. The van der Waals surface area contributed by atoms with E-state index in [1.807, 2.05) is 6.07 Å². The van der Waals surface area contributed by atoms with Gasteiger partial charge in [0.05, 0.1) is 25.7 Å². The van der Waals surface area contributed by atoms with Crippen LogP contribution in [0.15, 0.2) is 30.3 Å². The largest absolute Gasteiger partial charge is 0.490 e. The van der Waals surface area contributed by atoms with Crippen molar-refractivity contribution in [1.29, 1.82) is 0 Å². The fraction of sp³-hybridized carbons (Fsp3) is 0.613. The Morgan fingerprint density at radius 3 is 2.05 bits per heavy atom. The van der Waals surface area contributed by atoms with Crippen LogP contribution >= 0.6 is 0 Å². The molecule has 0 N–H and O–H groups in total. The van der Waals surface area contributed by atoms with Gasteiger partial charge in [0.2, 0.25) is 0 Å². The average molecular weight is 587 g/mol. The smallest absolute Gasteiger partial charge is 0.400 e. The van der Waals surface area contributed by atoms with Crippen LogP contribution in [0.5, 0.6) is 11.5 Å². The molecule has 2 saturated carbocycles. The van der Waals surface area contributed by atoms with Gasteiger partial charge >= 0.3 is 6.11 Å². The Hall–Kier alpha value is -2.46. The quantitative estimate of drug-likeness (QED) is 0.230. The van der Waals surface area contributed by atoms with E-state index in [-0.39, 0.29) is 43.3 Å². The summed E-state index contributed by atoms with van der Waals surface area (Å²) in [5.41, 5.74) is 0.941. The molecule has 2 aliphatic carbocycles. The first-order valence-electron chi connectivity index (χ1n) is 14.5. The Balaban J connectivity index is 1.07. The van der Waals surface area contributed by atoms with E-state index in [0.717, 1.165) is 44.5 Å². The molecule has 5 rings (SSSR count). The average Bonchev–Trinajstić information content (AvgIpc) is 2.96. The molecule has 226 valence electrons. The Morgan fingerprint density at radius 2 is 1.44 bits per heavy atom. The van der Waals surface area contributed by atoms with Crippen LogP contribution in [0.25, 0.3) is 0 Å². The lowest BCUT2D eigenvalue weighted by molar-refractivity contribution is -0.226. The summed E-state index contributed by atoms with van der Waals surface area (Å²) in [4.78, 5) is 0. The number of hydrogen-bond acceptors (Lipinski definition) is 4. The molecule has 4 nitrogen and oxygen atoms in total. The highest BCUT2D eigenvalue weighted by Gasteiger charge is 2.44. The summed E-state index contributed by atoms with van der Waals surface area (Å²) < 4.78 is 106. The van der Waals surface area contributed by atoms with E-state index in [0.29, 0.717) is 36.8 Å². The fourth-order valence-corrected chi connectivity index (χ4v) is 6.20. The second-order valence-corrected chi connectivity index (χ2v) is 11.8. The summed E-state index contributed by atoms with van der Waals surface area (Å²) in [5.74, 6) is -6.21. The van der Waals surface area contributed by atoms with Crippen LogP contribution in [0.2, 0.25) is 0 Å². The zero-order valence-electron chi connectivity index (χ0n) is 23.0. The topological polar surface area (TPSA) is 36.9 Å². The fourth-order valence-electron chi connectivity index (χ4n) is 6.20. The molecular weight excluding hydrogens is 550 g/mol. The van der Waals surface area contributed by atoms with Gasteiger partial charge in [0.15, 0.2) is 35.3 Å². The van der Waals surface area contributed by atoms with Crippen molar-refractivity contribution in [2.24, 2.45) is 23.7 Å². The van der Waals surface area contributed by atoms with E-state index >= 15 is 0 Å². The third-order valence-electron chi connectivity index (χ3n) is 8.68. The van der Waals surface area contributed by atoms with Crippen LogP contribution in [-0.4, -0.2) is 32.2 Å². The Kier molecular flexibility index (Phi) is 9.38. The van der Waals surface area contributed by atoms with Gasteiger partial charge in [-0.2, -0.15) is 8.78 Å². The normalized spacial score (nSPS) is 29.2. The number of rotatable bonds is 8. The van der Waals surface area contributed by atoms with E-state index in [1.54, 1.807) is 6.07 Å². The molecule has 1 aliphatic heterocycles. The van der Waals surface area contributed by atoms with Gasteiger partial charge < -0.3 is 18.9 Å². The summed E-state index contributed by atoms with van der Waals surface area (Å²) in [6, 6.07) is 5.87. The van der Waals surface area contributed by atoms with E-state index in [9.17, 15) is 26.3 Å². The molecule has 0 atom stereocenters. The van der Waals surface area contributed by atoms with E-state index in [1.165, 1.54) is 6.07 Å².